The highest BCUT2D eigenvalue weighted by Gasteiger charge is 2.24. The smallest absolute Gasteiger partial charge is 0.279 e. The monoisotopic (exact) mass is 462 g/mol. The van der Waals surface area contributed by atoms with Gasteiger partial charge in [-0.2, -0.15) is 4.98 Å². The number of fused-ring (bicyclic) bond motifs is 1. The number of primary sulfonamides is 1. The second-order valence-electron chi connectivity index (χ2n) is 6.49. The Morgan fingerprint density at radius 3 is 2.60 bits per heavy atom. The average Bonchev–Trinajstić information content (AvgIpc) is 3.19. The molecule has 4 N–H and O–H groups in total. The van der Waals surface area contributed by atoms with E-state index >= 15 is 0 Å². The minimum atomic E-state index is -3.72. The number of halogens is 1. The highest BCUT2D eigenvalue weighted by Crippen LogP contribution is 2.34. The van der Waals surface area contributed by atoms with Crippen molar-refractivity contribution in [3.8, 4) is 5.88 Å². The van der Waals surface area contributed by atoms with Crippen LogP contribution in [0.2, 0.25) is 5.02 Å². The van der Waals surface area contributed by atoms with Gasteiger partial charge in [-0.15, -0.1) is 0 Å². The number of benzene rings is 2. The maximum atomic E-state index is 12.4. The van der Waals surface area contributed by atoms with Crippen LogP contribution in [0.4, 0.5) is 5.13 Å². The highest BCUT2D eigenvalue weighted by molar-refractivity contribution is 7.89. The Kier molecular flexibility index (Phi) is 5.33. The molecular formula is C19H15ClN4O4S2. The predicted octanol–water partition coefficient (Wildman–Crippen LogP) is 1.16. The molecular weight excluding hydrogens is 448 g/mol. The molecule has 4 rings (SSSR count). The van der Waals surface area contributed by atoms with E-state index in [9.17, 15) is 18.3 Å². The van der Waals surface area contributed by atoms with Crippen LogP contribution in [0.15, 0.2) is 52.4 Å². The topological polar surface area (TPSA) is 135 Å². The number of sulfonamides is 1. The number of aromatic hydroxyl groups is 1. The summed E-state index contributed by atoms with van der Waals surface area (Å²) in [7, 11) is -3.72. The molecule has 0 saturated carbocycles. The van der Waals surface area contributed by atoms with Crippen LogP contribution in [-0.2, 0) is 21.2 Å². The van der Waals surface area contributed by atoms with Gasteiger partial charge < -0.3 is 10.4 Å². The first-order valence-electron chi connectivity index (χ1n) is 8.71. The Morgan fingerprint density at radius 2 is 1.90 bits per heavy atom. The number of nitrogens with two attached hydrogens (primary N) is 1. The maximum absolute atomic E-state index is 12.4. The lowest BCUT2D eigenvalue weighted by atomic mass is 10.1. The van der Waals surface area contributed by atoms with Gasteiger partial charge in [-0.3, -0.25) is 4.79 Å². The number of rotatable bonds is 6. The molecule has 2 aromatic carbocycles. The molecule has 8 nitrogen and oxygen atoms in total. The second-order valence-corrected chi connectivity index (χ2v) is 9.49. The van der Waals surface area contributed by atoms with Gasteiger partial charge in [0.1, 0.15) is 4.88 Å². The molecule has 1 aliphatic heterocycles. The van der Waals surface area contributed by atoms with E-state index in [0.29, 0.717) is 38.6 Å². The average molecular weight is 463 g/mol. The van der Waals surface area contributed by atoms with Crippen LogP contribution in [-0.4, -0.2) is 31.0 Å². The molecule has 0 unspecified atom stereocenters. The molecule has 1 aliphatic rings. The van der Waals surface area contributed by atoms with Gasteiger partial charge in [0.05, 0.1) is 15.8 Å². The molecule has 0 aliphatic carbocycles. The van der Waals surface area contributed by atoms with E-state index in [0.717, 1.165) is 16.9 Å². The Bertz CT molecular complexity index is 1380. The highest BCUT2D eigenvalue weighted by atomic mass is 35.5. The zero-order valence-electron chi connectivity index (χ0n) is 15.3. The van der Waals surface area contributed by atoms with Crippen molar-refractivity contribution in [3.05, 3.63) is 68.5 Å². The third-order valence-electron chi connectivity index (χ3n) is 4.44. The lowest BCUT2D eigenvalue weighted by molar-refractivity contribution is -0.112. The number of carbonyl (C=O) groups is 1. The van der Waals surface area contributed by atoms with E-state index in [1.807, 2.05) is 0 Å². The summed E-state index contributed by atoms with van der Waals surface area (Å²) in [5.74, 6) is -0.709. The molecule has 0 spiro atoms. The molecule has 0 atom stereocenters. The van der Waals surface area contributed by atoms with Crippen molar-refractivity contribution >= 4 is 49.6 Å². The lowest BCUT2D eigenvalue weighted by Gasteiger charge is -2.04. The molecule has 0 saturated heterocycles. The van der Waals surface area contributed by atoms with Crippen molar-refractivity contribution < 1.29 is 18.3 Å². The summed E-state index contributed by atoms with van der Waals surface area (Å²) in [6, 6.07) is 11.2. The van der Waals surface area contributed by atoms with Crippen LogP contribution in [0, 0.1) is 0 Å². The standard InChI is InChI=1S/C19H15ClN4O4S2/c20-11-3-6-14-13(9-11)15(17(25)23-14)16-18(26)24-19(29-16)22-8-7-10-1-4-12(5-2-10)30(21,27)28/h1-6,9,26H,7-8H2,(H,22,24)(H2,21,27,28). The van der Waals surface area contributed by atoms with Gasteiger partial charge in [-0.05, 0) is 42.3 Å². The van der Waals surface area contributed by atoms with Gasteiger partial charge in [-0.1, -0.05) is 35.1 Å². The van der Waals surface area contributed by atoms with Crippen LogP contribution in [0.1, 0.15) is 10.4 Å². The predicted molar refractivity (Wildman–Crippen MR) is 114 cm³/mol. The number of thiazole rings is 1. The third-order valence-corrected chi connectivity index (χ3v) is 6.63. The maximum Gasteiger partial charge on any atom is 0.279 e. The molecule has 154 valence electrons. The van der Waals surface area contributed by atoms with Crippen LogP contribution >= 0.6 is 22.9 Å². The van der Waals surface area contributed by atoms with Crippen LogP contribution < -0.4 is 21.0 Å². The second kappa shape index (κ2) is 7.80. The number of nitrogens with one attached hydrogen (secondary N) is 1. The van der Waals surface area contributed by atoms with Gasteiger partial charge in [0.25, 0.3) is 5.91 Å². The molecule has 30 heavy (non-hydrogen) atoms. The van der Waals surface area contributed by atoms with Crippen LogP contribution in [0.3, 0.4) is 0 Å². The molecule has 1 aromatic heterocycles. The van der Waals surface area contributed by atoms with Gasteiger partial charge >= 0.3 is 0 Å². The van der Waals surface area contributed by atoms with E-state index in [1.54, 1.807) is 30.3 Å². The number of carbonyl (C=O) groups excluding carboxylic acids is 1. The fraction of sp³-hybridized carbons (Fsp3) is 0.105. The SMILES string of the molecule is NS(=O)(=O)c1ccc(CCNc2nc(O)c(C3=c4cc(Cl)ccc4=NC3=O)s2)cc1. The number of hydrogen-bond acceptors (Lipinski definition) is 7. The minimum absolute atomic E-state index is 0.0535. The molecule has 11 heteroatoms. The van der Waals surface area contributed by atoms with Crippen molar-refractivity contribution in [1.29, 1.82) is 0 Å². The van der Waals surface area contributed by atoms with E-state index in [1.165, 1.54) is 12.1 Å². The van der Waals surface area contributed by atoms with Crippen LogP contribution in [0.5, 0.6) is 5.88 Å². The van der Waals surface area contributed by atoms with E-state index in [2.05, 4.69) is 15.3 Å². The van der Waals surface area contributed by atoms with Gasteiger partial charge in [0, 0.05) is 16.8 Å². The molecule has 0 radical (unpaired) electrons. The number of hydrogen-bond donors (Lipinski definition) is 3. The Balaban J connectivity index is 1.51. The van der Waals surface area contributed by atoms with E-state index in [4.69, 9.17) is 16.7 Å². The van der Waals surface area contributed by atoms with E-state index < -0.39 is 15.9 Å². The summed E-state index contributed by atoms with van der Waals surface area (Å²) in [6.45, 7) is 0.483. The first-order valence-corrected chi connectivity index (χ1v) is 11.4. The zero-order chi connectivity index (χ0) is 21.5. The first-order chi connectivity index (χ1) is 14.2. The fourth-order valence-corrected chi connectivity index (χ4v) is 4.64. The van der Waals surface area contributed by atoms with Gasteiger partial charge in [0.15, 0.2) is 5.13 Å². The summed E-state index contributed by atoms with van der Waals surface area (Å²) in [6.07, 6.45) is 0.587. The number of amides is 1. The molecule has 2 heterocycles. The van der Waals surface area contributed by atoms with E-state index in [-0.39, 0.29) is 16.3 Å². The van der Waals surface area contributed by atoms with Crippen molar-refractivity contribution in [3.63, 3.8) is 0 Å². The summed E-state index contributed by atoms with van der Waals surface area (Å²) in [4.78, 5) is 20.8. The summed E-state index contributed by atoms with van der Waals surface area (Å²) in [5.41, 5.74) is 1.17. The Hall–Kier alpha value is -2.79. The fourth-order valence-electron chi connectivity index (χ4n) is 3.02. The quantitative estimate of drug-likeness (QED) is 0.503. The largest absolute Gasteiger partial charge is 0.492 e. The summed E-state index contributed by atoms with van der Waals surface area (Å²) in [5, 5.41) is 20.4. The van der Waals surface area contributed by atoms with Crippen molar-refractivity contribution in [2.24, 2.45) is 10.1 Å². The van der Waals surface area contributed by atoms with Crippen molar-refractivity contribution in [1.82, 2.24) is 4.98 Å². The van der Waals surface area contributed by atoms with Gasteiger partial charge in [-0.25, -0.2) is 18.5 Å². The summed E-state index contributed by atoms with van der Waals surface area (Å²) < 4.78 is 22.6. The Labute approximate surface area is 180 Å². The van der Waals surface area contributed by atoms with Gasteiger partial charge in [0.2, 0.25) is 15.9 Å². The Morgan fingerprint density at radius 1 is 1.17 bits per heavy atom. The molecule has 1 amide bonds. The first kappa shape index (κ1) is 20.5. The van der Waals surface area contributed by atoms with Crippen molar-refractivity contribution in [2.45, 2.75) is 11.3 Å². The molecule has 0 fully saturated rings. The molecule has 0 bridgehead atoms. The number of aromatic nitrogens is 1. The van der Waals surface area contributed by atoms with Crippen LogP contribution in [0.25, 0.3) is 5.57 Å². The zero-order valence-corrected chi connectivity index (χ0v) is 17.7. The number of anilines is 1. The third kappa shape index (κ3) is 4.08. The lowest BCUT2D eigenvalue weighted by Crippen LogP contribution is -2.22. The summed E-state index contributed by atoms with van der Waals surface area (Å²) >= 11 is 7.18. The normalized spacial score (nSPS) is 13.3. The number of nitrogens with zero attached hydrogens (tertiary/aromatic N) is 2. The molecule has 3 aromatic rings. The van der Waals surface area contributed by atoms with Crippen molar-refractivity contribution in [2.75, 3.05) is 11.9 Å². The minimum Gasteiger partial charge on any atom is -0.492 e.